The van der Waals surface area contributed by atoms with Crippen LogP contribution in [0.3, 0.4) is 0 Å². The molecule has 1 aliphatic heterocycles. The largest absolute Gasteiger partial charge is 0.389 e. The van der Waals surface area contributed by atoms with Gasteiger partial charge in [0.25, 0.3) is 0 Å². The van der Waals surface area contributed by atoms with Gasteiger partial charge in [-0.3, -0.25) is 4.79 Å². The molecule has 0 radical (unpaired) electrons. The van der Waals surface area contributed by atoms with Crippen LogP contribution in [-0.2, 0) is 11.2 Å². The molecule has 1 unspecified atom stereocenters. The number of hydrogen-bond acceptors (Lipinski definition) is 1. The van der Waals surface area contributed by atoms with Gasteiger partial charge in [0, 0.05) is 19.5 Å². The monoisotopic (exact) mass is 349 g/mol. The first-order valence-electron chi connectivity index (χ1n) is 8.03. The lowest BCUT2D eigenvalue weighted by molar-refractivity contribution is -0.150. The van der Waals surface area contributed by atoms with Gasteiger partial charge in [-0.15, -0.1) is 0 Å². The first-order valence-corrected chi connectivity index (χ1v) is 8.03. The third-order valence-electron chi connectivity index (χ3n) is 4.32. The van der Waals surface area contributed by atoms with Gasteiger partial charge in [0.05, 0.1) is 6.42 Å². The van der Waals surface area contributed by atoms with Gasteiger partial charge in [-0.25, -0.2) is 8.78 Å². The maximum Gasteiger partial charge on any atom is 0.389 e. The van der Waals surface area contributed by atoms with Crippen molar-refractivity contribution in [3.63, 3.8) is 0 Å². The van der Waals surface area contributed by atoms with Crippen LogP contribution in [0.2, 0.25) is 0 Å². The number of piperidine rings is 1. The summed E-state index contributed by atoms with van der Waals surface area (Å²) in [5, 5.41) is 0. The van der Waals surface area contributed by atoms with Crippen molar-refractivity contribution in [2.24, 2.45) is 5.92 Å². The summed E-state index contributed by atoms with van der Waals surface area (Å²) in [7, 11) is 0. The van der Waals surface area contributed by atoms with Crippen molar-refractivity contribution in [1.82, 2.24) is 4.90 Å². The van der Waals surface area contributed by atoms with Gasteiger partial charge in [0.1, 0.15) is 0 Å². The quantitative estimate of drug-likeness (QED) is 0.718. The van der Waals surface area contributed by atoms with Gasteiger partial charge < -0.3 is 4.90 Å². The summed E-state index contributed by atoms with van der Waals surface area (Å²) >= 11 is 0. The molecule has 0 bridgehead atoms. The first kappa shape index (κ1) is 18.7. The molecule has 1 amide bonds. The fourth-order valence-electron chi connectivity index (χ4n) is 3.00. The molecule has 7 heteroatoms. The highest BCUT2D eigenvalue weighted by Crippen LogP contribution is 2.25. The Labute approximate surface area is 137 Å². The number of carbonyl (C=O) groups excluding carboxylic acids is 1. The number of alkyl halides is 3. The van der Waals surface area contributed by atoms with Gasteiger partial charge in [-0.05, 0) is 49.3 Å². The zero-order chi connectivity index (χ0) is 17.7. The Kier molecular flexibility index (Phi) is 6.18. The molecule has 1 atom stereocenters. The van der Waals surface area contributed by atoms with E-state index in [4.69, 9.17) is 0 Å². The number of hydrogen-bond donors (Lipinski definition) is 0. The molecule has 1 aliphatic rings. The van der Waals surface area contributed by atoms with Crippen LogP contribution in [0.5, 0.6) is 0 Å². The number of nitrogens with zero attached hydrogens (tertiary/aromatic N) is 1. The van der Waals surface area contributed by atoms with E-state index in [0.29, 0.717) is 31.5 Å². The number of rotatable bonds is 5. The van der Waals surface area contributed by atoms with E-state index < -0.39 is 36.6 Å². The van der Waals surface area contributed by atoms with Gasteiger partial charge >= 0.3 is 6.18 Å². The van der Waals surface area contributed by atoms with Gasteiger partial charge in [0.2, 0.25) is 5.91 Å². The van der Waals surface area contributed by atoms with E-state index in [1.807, 2.05) is 0 Å². The normalized spacial score (nSPS) is 18.7. The van der Waals surface area contributed by atoms with Crippen molar-refractivity contribution in [3.8, 4) is 0 Å². The highest BCUT2D eigenvalue weighted by Gasteiger charge is 2.30. The van der Waals surface area contributed by atoms with Crippen molar-refractivity contribution in [2.75, 3.05) is 13.1 Å². The smallest absolute Gasteiger partial charge is 0.342 e. The van der Waals surface area contributed by atoms with E-state index in [0.717, 1.165) is 25.0 Å². The lowest BCUT2D eigenvalue weighted by Crippen LogP contribution is -2.40. The fraction of sp³-hybridized carbons (Fsp3) is 0.588. The van der Waals surface area contributed by atoms with Gasteiger partial charge in [-0.2, -0.15) is 13.2 Å². The van der Waals surface area contributed by atoms with Gasteiger partial charge in [-0.1, -0.05) is 6.07 Å². The Bertz CT molecular complexity index is 573. The van der Waals surface area contributed by atoms with Crippen LogP contribution in [0.15, 0.2) is 18.2 Å². The number of amides is 1. The van der Waals surface area contributed by atoms with Gasteiger partial charge in [0.15, 0.2) is 11.6 Å². The van der Waals surface area contributed by atoms with Crippen LogP contribution >= 0.6 is 0 Å². The van der Waals surface area contributed by atoms with E-state index in [9.17, 15) is 26.7 Å². The number of benzene rings is 1. The molecule has 1 fully saturated rings. The van der Waals surface area contributed by atoms with Crippen molar-refractivity contribution >= 4 is 5.91 Å². The summed E-state index contributed by atoms with van der Waals surface area (Å²) < 4.78 is 62.7. The SMILES string of the molecule is O=C(CCC(F)(F)F)N1CCCC(CCc2ccc(F)c(F)c2)C1. The number of aryl methyl sites for hydroxylation is 1. The minimum Gasteiger partial charge on any atom is -0.342 e. The van der Waals surface area contributed by atoms with Crippen LogP contribution in [0.25, 0.3) is 0 Å². The zero-order valence-corrected chi connectivity index (χ0v) is 13.2. The molecular weight excluding hydrogens is 329 g/mol. The maximum absolute atomic E-state index is 13.2. The topological polar surface area (TPSA) is 20.3 Å². The van der Waals surface area contributed by atoms with E-state index in [1.165, 1.54) is 11.0 Å². The zero-order valence-electron chi connectivity index (χ0n) is 13.2. The Morgan fingerprint density at radius 3 is 2.62 bits per heavy atom. The molecule has 0 spiro atoms. The van der Waals surface area contributed by atoms with Crippen LogP contribution in [0.4, 0.5) is 22.0 Å². The highest BCUT2D eigenvalue weighted by molar-refractivity contribution is 5.76. The minimum atomic E-state index is -4.32. The second-order valence-electron chi connectivity index (χ2n) is 6.25. The van der Waals surface area contributed by atoms with E-state index in [1.54, 1.807) is 0 Å². The molecule has 1 heterocycles. The lowest BCUT2D eigenvalue weighted by Gasteiger charge is -2.33. The molecule has 134 valence electrons. The fourth-order valence-corrected chi connectivity index (χ4v) is 3.00. The predicted octanol–water partition coefficient (Wildman–Crippen LogP) is 4.48. The summed E-state index contributed by atoms with van der Waals surface area (Å²) in [6.45, 7) is 0.915. The number of carbonyl (C=O) groups is 1. The summed E-state index contributed by atoms with van der Waals surface area (Å²) in [5.41, 5.74) is 0.675. The van der Waals surface area contributed by atoms with Crippen LogP contribution in [0.1, 0.15) is 37.7 Å². The average molecular weight is 349 g/mol. The number of likely N-dealkylation sites (tertiary alicyclic amines) is 1. The van der Waals surface area contributed by atoms with E-state index >= 15 is 0 Å². The summed E-state index contributed by atoms with van der Waals surface area (Å²) in [5.74, 6) is -2.08. The minimum absolute atomic E-state index is 0.168. The molecule has 24 heavy (non-hydrogen) atoms. The van der Waals surface area contributed by atoms with Crippen LogP contribution < -0.4 is 0 Å². The standard InChI is InChI=1S/C17H20F5NO/c18-14-6-5-12(10-15(14)19)3-4-13-2-1-9-23(11-13)16(24)7-8-17(20,21)22/h5-6,10,13H,1-4,7-9,11H2. The first-order chi connectivity index (χ1) is 11.2. The summed E-state index contributed by atoms with van der Waals surface area (Å²) in [4.78, 5) is 13.4. The Balaban J connectivity index is 1.82. The molecule has 2 nitrogen and oxygen atoms in total. The molecule has 0 aliphatic carbocycles. The molecular formula is C17H20F5NO. The molecule has 2 rings (SSSR count). The molecule has 1 aromatic rings. The Morgan fingerprint density at radius 2 is 1.96 bits per heavy atom. The van der Waals surface area contributed by atoms with Crippen LogP contribution in [-0.4, -0.2) is 30.1 Å². The summed E-state index contributed by atoms with van der Waals surface area (Å²) in [6, 6.07) is 3.76. The second-order valence-corrected chi connectivity index (χ2v) is 6.25. The lowest BCUT2D eigenvalue weighted by atomic mass is 9.91. The average Bonchev–Trinajstić information content (AvgIpc) is 2.53. The number of halogens is 5. The van der Waals surface area contributed by atoms with E-state index in [-0.39, 0.29) is 5.92 Å². The molecule has 0 saturated carbocycles. The maximum atomic E-state index is 13.2. The van der Waals surface area contributed by atoms with Crippen molar-refractivity contribution < 1.29 is 26.7 Å². The van der Waals surface area contributed by atoms with Crippen LogP contribution in [0, 0.1) is 17.6 Å². The van der Waals surface area contributed by atoms with Crippen molar-refractivity contribution in [3.05, 3.63) is 35.4 Å². The van der Waals surface area contributed by atoms with Crippen molar-refractivity contribution in [2.45, 2.75) is 44.7 Å². The highest BCUT2D eigenvalue weighted by atomic mass is 19.4. The van der Waals surface area contributed by atoms with E-state index in [2.05, 4.69) is 0 Å². The Morgan fingerprint density at radius 1 is 1.21 bits per heavy atom. The molecule has 1 aromatic carbocycles. The second kappa shape index (κ2) is 7.94. The molecule has 1 saturated heterocycles. The summed E-state index contributed by atoms with van der Waals surface area (Å²) in [6.07, 6.45) is -3.06. The molecule has 0 N–H and O–H groups in total. The van der Waals surface area contributed by atoms with Crippen molar-refractivity contribution in [1.29, 1.82) is 0 Å². The Hall–Kier alpha value is -1.66. The third-order valence-corrected chi connectivity index (χ3v) is 4.32. The third kappa shape index (κ3) is 5.76. The molecule has 0 aromatic heterocycles. The predicted molar refractivity (Wildman–Crippen MR) is 79.3 cm³/mol.